The van der Waals surface area contributed by atoms with E-state index in [-0.39, 0.29) is 12.4 Å². The minimum absolute atomic E-state index is 0.243. The number of ether oxygens (including phenoxy) is 2. The summed E-state index contributed by atoms with van der Waals surface area (Å²) in [6, 6.07) is 0. The summed E-state index contributed by atoms with van der Waals surface area (Å²) in [7, 11) is 0. The maximum Gasteiger partial charge on any atom is 0.155 e. The van der Waals surface area contributed by atoms with Crippen molar-refractivity contribution in [1.82, 2.24) is 0 Å². The first-order valence-corrected chi connectivity index (χ1v) is 3.98. The average Bonchev–Trinajstić information content (AvgIpc) is 2.07. The molecular formula is C9H14O3. The molecular weight excluding hydrogens is 156 g/mol. The van der Waals surface area contributed by atoms with Gasteiger partial charge in [0, 0.05) is 0 Å². The second kappa shape index (κ2) is 4.40. The summed E-state index contributed by atoms with van der Waals surface area (Å²) in [5.74, 6) is 0. The van der Waals surface area contributed by atoms with Gasteiger partial charge in [-0.3, -0.25) is 0 Å². The van der Waals surface area contributed by atoms with Gasteiger partial charge in [-0.05, 0) is 6.92 Å². The van der Waals surface area contributed by atoms with Crippen LogP contribution in [-0.4, -0.2) is 30.2 Å². The quantitative estimate of drug-likeness (QED) is 0.624. The molecule has 0 aromatic heterocycles. The van der Waals surface area contributed by atoms with E-state index >= 15 is 0 Å². The molecule has 3 heteroatoms. The van der Waals surface area contributed by atoms with E-state index in [0.29, 0.717) is 6.61 Å². The van der Waals surface area contributed by atoms with Gasteiger partial charge in [-0.1, -0.05) is 24.8 Å². The molecule has 0 bridgehead atoms. The van der Waals surface area contributed by atoms with E-state index in [1.165, 1.54) is 0 Å². The van der Waals surface area contributed by atoms with Gasteiger partial charge in [-0.25, -0.2) is 0 Å². The minimum atomic E-state index is -0.572. The molecule has 0 saturated carbocycles. The molecule has 12 heavy (non-hydrogen) atoms. The van der Waals surface area contributed by atoms with Crippen LogP contribution < -0.4 is 0 Å². The van der Waals surface area contributed by atoms with Gasteiger partial charge in [0.1, 0.15) is 12.2 Å². The molecule has 1 aliphatic rings. The van der Waals surface area contributed by atoms with Crippen LogP contribution in [0.3, 0.4) is 0 Å². The summed E-state index contributed by atoms with van der Waals surface area (Å²) in [5.41, 5.74) is 0. The van der Waals surface area contributed by atoms with Crippen LogP contribution in [0.1, 0.15) is 6.92 Å². The summed E-state index contributed by atoms with van der Waals surface area (Å²) in [6.07, 6.45) is 4.09. The number of aliphatic hydroxyl groups excluding tert-OH is 1. The summed E-state index contributed by atoms with van der Waals surface area (Å²) in [6.45, 7) is 5.67. The summed E-state index contributed by atoms with van der Waals surface area (Å²) in [5, 5.41) is 9.38. The summed E-state index contributed by atoms with van der Waals surface area (Å²) in [4.78, 5) is 0. The Morgan fingerprint density at radius 2 is 2.33 bits per heavy atom. The molecule has 1 N–H and O–H groups in total. The van der Waals surface area contributed by atoms with Crippen molar-refractivity contribution in [2.45, 2.75) is 25.4 Å². The Morgan fingerprint density at radius 1 is 1.58 bits per heavy atom. The Labute approximate surface area is 72.3 Å². The zero-order chi connectivity index (χ0) is 8.97. The van der Waals surface area contributed by atoms with Crippen molar-refractivity contribution in [1.29, 1.82) is 0 Å². The van der Waals surface area contributed by atoms with Gasteiger partial charge in [0.25, 0.3) is 0 Å². The Bertz CT molecular complexity index is 177. The first kappa shape index (κ1) is 9.45. The molecule has 0 unspecified atom stereocenters. The van der Waals surface area contributed by atoms with Gasteiger partial charge in [-0.2, -0.15) is 0 Å². The summed E-state index contributed by atoms with van der Waals surface area (Å²) < 4.78 is 10.4. The number of allylic oxidation sites excluding steroid dienone is 2. The van der Waals surface area contributed by atoms with Crippen molar-refractivity contribution in [2.75, 3.05) is 6.61 Å². The average molecular weight is 170 g/mol. The molecule has 1 heterocycles. The lowest BCUT2D eigenvalue weighted by Gasteiger charge is -2.30. The van der Waals surface area contributed by atoms with Crippen molar-refractivity contribution < 1.29 is 14.6 Å². The van der Waals surface area contributed by atoms with Gasteiger partial charge in [0.15, 0.2) is 6.29 Å². The lowest BCUT2D eigenvalue weighted by molar-refractivity contribution is -0.230. The highest BCUT2D eigenvalue weighted by molar-refractivity contribution is 5.03. The molecule has 1 saturated heterocycles. The van der Waals surface area contributed by atoms with Gasteiger partial charge in [0.05, 0.1) is 6.61 Å². The van der Waals surface area contributed by atoms with Crippen LogP contribution in [0.2, 0.25) is 0 Å². The molecule has 0 aromatic rings. The number of rotatable bonds is 2. The molecule has 0 aromatic carbocycles. The number of hydrogen-bond donors (Lipinski definition) is 1. The third-order valence-corrected chi connectivity index (χ3v) is 1.67. The first-order valence-electron chi connectivity index (χ1n) is 3.98. The maximum absolute atomic E-state index is 9.38. The van der Waals surface area contributed by atoms with Gasteiger partial charge in [-0.15, -0.1) is 0 Å². The van der Waals surface area contributed by atoms with Crippen molar-refractivity contribution >= 4 is 0 Å². The monoisotopic (exact) mass is 170 g/mol. The van der Waals surface area contributed by atoms with Gasteiger partial charge >= 0.3 is 0 Å². The van der Waals surface area contributed by atoms with Crippen LogP contribution in [0.4, 0.5) is 0 Å². The minimum Gasteiger partial charge on any atom is -0.388 e. The molecule has 3 nitrogen and oxygen atoms in total. The van der Waals surface area contributed by atoms with Crippen molar-refractivity contribution in [3.8, 4) is 0 Å². The Morgan fingerprint density at radius 3 is 3.00 bits per heavy atom. The SMILES string of the molecule is C=C/C=C/[C@@H]1O[C@H](C)OC[C@H]1O. The van der Waals surface area contributed by atoms with E-state index in [0.717, 1.165) is 0 Å². The fraction of sp³-hybridized carbons (Fsp3) is 0.556. The second-order valence-electron chi connectivity index (χ2n) is 2.69. The van der Waals surface area contributed by atoms with Crippen LogP contribution in [0, 0.1) is 0 Å². The highest BCUT2D eigenvalue weighted by atomic mass is 16.7. The Balaban J connectivity index is 2.48. The number of aliphatic hydroxyl groups is 1. The van der Waals surface area contributed by atoms with E-state index in [9.17, 15) is 5.11 Å². The number of hydrogen-bond acceptors (Lipinski definition) is 3. The first-order chi connectivity index (χ1) is 5.74. The fourth-order valence-corrected chi connectivity index (χ4v) is 1.04. The van der Waals surface area contributed by atoms with E-state index < -0.39 is 6.10 Å². The van der Waals surface area contributed by atoms with Crippen LogP contribution in [0.25, 0.3) is 0 Å². The molecule has 1 fully saturated rings. The van der Waals surface area contributed by atoms with Crippen LogP contribution >= 0.6 is 0 Å². The zero-order valence-corrected chi connectivity index (χ0v) is 7.14. The maximum atomic E-state index is 9.38. The molecule has 0 amide bonds. The van der Waals surface area contributed by atoms with E-state index in [4.69, 9.17) is 9.47 Å². The fourth-order valence-electron chi connectivity index (χ4n) is 1.04. The second-order valence-corrected chi connectivity index (χ2v) is 2.69. The van der Waals surface area contributed by atoms with E-state index in [1.54, 1.807) is 25.2 Å². The van der Waals surface area contributed by atoms with Crippen molar-refractivity contribution in [3.05, 3.63) is 24.8 Å². The third-order valence-electron chi connectivity index (χ3n) is 1.67. The normalized spacial score (nSPS) is 37.0. The van der Waals surface area contributed by atoms with Crippen LogP contribution in [0.15, 0.2) is 24.8 Å². The van der Waals surface area contributed by atoms with Gasteiger partial charge in [0.2, 0.25) is 0 Å². The van der Waals surface area contributed by atoms with E-state index in [1.807, 2.05) is 0 Å². The largest absolute Gasteiger partial charge is 0.388 e. The Hall–Kier alpha value is -0.640. The third kappa shape index (κ3) is 2.44. The topological polar surface area (TPSA) is 38.7 Å². The van der Waals surface area contributed by atoms with Gasteiger partial charge < -0.3 is 14.6 Å². The summed E-state index contributed by atoms with van der Waals surface area (Å²) >= 11 is 0. The molecule has 0 aliphatic carbocycles. The highest BCUT2D eigenvalue weighted by Crippen LogP contribution is 2.13. The highest BCUT2D eigenvalue weighted by Gasteiger charge is 2.25. The zero-order valence-electron chi connectivity index (χ0n) is 7.14. The molecule has 3 atom stereocenters. The predicted molar refractivity (Wildman–Crippen MR) is 45.6 cm³/mol. The standard InChI is InChI=1S/C9H14O3/c1-3-4-5-9-8(10)6-11-7(2)12-9/h3-5,7-10H,1,6H2,2H3/b5-4+/t7-,8-,9+/m1/s1. The molecule has 1 rings (SSSR count). The molecule has 1 aliphatic heterocycles. The van der Waals surface area contributed by atoms with Crippen molar-refractivity contribution in [3.63, 3.8) is 0 Å². The molecule has 0 spiro atoms. The molecule has 68 valence electrons. The predicted octanol–water partition coefficient (Wildman–Crippen LogP) is 0.851. The van der Waals surface area contributed by atoms with E-state index in [2.05, 4.69) is 6.58 Å². The van der Waals surface area contributed by atoms with Crippen LogP contribution in [0.5, 0.6) is 0 Å². The van der Waals surface area contributed by atoms with Crippen molar-refractivity contribution in [2.24, 2.45) is 0 Å². The lowest BCUT2D eigenvalue weighted by atomic mass is 10.2. The van der Waals surface area contributed by atoms with Crippen LogP contribution in [-0.2, 0) is 9.47 Å². The molecule has 0 radical (unpaired) electrons. The smallest absolute Gasteiger partial charge is 0.155 e. The Kier molecular flexibility index (Phi) is 3.47. The lowest BCUT2D eigenvalue weighted by Crippen LogP contribution is -2.41.